The van der Waals surface area contributed by atoms with Crippen LogP contribution in [0.3, 0.4) is 0 Å². The maximum absolute atomic E-state index is 13.5. The first-order chi connectivity index (χ1) is 13.9. The highest BCUT2D eigenvalue weighted by Crippen LogP contribution is 2.40. The summed E-state index contributed by atoms with van der Waals surface area (Å²) >= 11 is 0. The molecule has 0 heterocycles. The summed E-state index contributed by atoms with van der Waals surface area (Å²) in [6, 6.07) is 14.4. The zero-order valence-corrected chi connectivity index (χ0v) is 18.2. The van der Waals surface area contributed by atoms with Crippen LogP contribution in [-0.4, -0.2) is 18.0 Å². The summed E-state index contributed by atoms with van der Waals surface area (Å²) in [4.78, 5) is 18.0. The second kappa shape index (κ2) is 9.21. The standard InChI is InChI=1S/C26H31NO2/c1-6-27-20(5)14-22-15-23(29-16-21-10-8-7-9-11-21)25(26(22)28)24-18(3)12-17(2)13-19(24)4/h7-13,22H,6,14-16H2,1-5H3/b27-20-. The molecule has 0 radical (unpaired) electrons. The van der Waals surface area contributed by atoms with Crippen LogP contribution in [0, 0.1) is 26.7 Å². The van der Waals surface area contributed by atoms with Gasteiger partial charge in [-0.15, -0.1) is 0 Å². The molecule has 1 unspecified atom stereocenters. The summed E-state index contributed by atoms with van der Waals surface area (Å²) in [5.74, 6) is 0.920. The summed E-state index contributed by atoms with van der Waals surface area (Å²) in [6.07, 6.45) is 1.34. The van der Waals surface area contributed by atoms with E-state index in [0.29, 0.717) is 19.4 Å². The number of allylic oxidation sites excluding steroid dienone is 2. The summed E-state index contributed by atoms with van der Waals surface area (Å²) in [7, 11) is 0. The molecule has 0 aromatic heterocycles. The van der Waals surface area contributed by atoms with Crippen molar-refractivity contribution in [3.63, 3.8) is 0 Å². The molecule has 0 saturated heterocycles. The molecule has 3 heteroatoms. The van der Waals surface area contributed by atoms with Crippen LogP contribution in [0.1, 0.15) is 54.5 Å². The third-order valence-electron chi connectivity index (χ3n) is 5.48. The van der Waals surface area contributed by atoms with Crippen molar-refractivity contribution in [2.45, 2.75) is 54.1 Å². The van der Waals surface area contributed by atoms with E-state index in [1.165, 1.54) is 5.56 Å². The Morgan fingerprint density at radius 3 is 2.38 bits per heavy atom. The van der Waals surface area contributed by atoms with E-state index in [2.05, 4.69) is 50.0 Å². The minimum Gasteiger partial charge on any atom is -0.492 e. The van der Waals surface area contributed by atoms with E-state index in [1.807, 2.05) is 32.0 Å². The number of rotatable bonds is 7. The van der Waals surface area contributed by atoms with Gasteiger partial charge in [0.05, 0.1) is 5.57 Å². The van der Waals surface area contributed by atoms with E-state index in [1.54, 1.807) is 0 Å². The van der Waals surface area contributed by atoms with Gasteiger partial charge in [0.25, 0.3) is 0 Å². The summed E-state index contributed by atoms with van der Waals surface area (Å²) in [6.45, 7) is 11.5. The number of ketones is 1. The molecular formula is C26H31NO2. The summed E-state index contributed by atoms with van der Waals surface area (Å²) < 4.78 is 6.26. The molecule has 3 nitrogen and oxygen atoms in total. The molecule has 29 heavy (non-hydrogen) atoms. The van der Waals surface area contributed by atoms with Gasteiger partial charge in [0.15, 0.2) is 5.78 Å². The van der Waals surface area contributed by atoms with E-state index in [-0.39, 0.29) is 11.7 Å². The van der Waals surface area contributed by atoms with E-state index >= 15 is 0 Å². The number of carbonyl (C=O) groups is 1. The van der Waals surface area contributed by atoms with Gasteiger partial charge in [-0.3, -0.25) is 9.79 Å². The van der Waals surface area contributed by atoms with Gasteiger partial charge in [0.1, 0.15) is 12.4 Å². The molecule has 1 aliphatic carbocycles. The number of hydrogen-bond acceptors (Lipinski definition) is 3. The molecule has 0 bridgehead atoms. The third kappa shape index (κ3) is 4.84. The van der Waals surface area contributed by atoms with Crippen molar-refractivity contribution >= 4 is 17.1 Å². The van der Waals surface area contributed by atoms with Crippen molar-refractivity contribution in [3.05, 3.63) is 76.0 Å². The van der Waals surface area contributed by atoms with Crippen LogP contribution in [-0.2, 0) is 16.1 Å². The molecule has 2 aromatic rings. The highest BCUT2D eigenvalue weighted by Gasteiger charge is 2.36. The summed E-state index contributed by atoms with van der Waals surface area (Å²) in [5, 5.41) is 0. The topological polar surface area (TPSA) is 38.7 Å². The highest BCUT2D eigenvalue weighted by molar-refractivity contribution is 6.25. The van der Waals surface area contributed by atoms with Crippen molar-refractivity contribution in [1.82, 2.24) is 0 Å². The molecule has 0 amide bonds. The largest absolute Gasteiger partial charge is 0.492 e. The maximum atomic E-state index is 13.5. The Kier molecular flexibility index (Phi) is 6.68. The van der Waals surface area contributed by atoms with E-state index in [9.17, 15) is 4.79 Å². The van der Waals surface area contributed by atoms with E-state index in [0.717, 1.165) is 45.8 Å². The fourth-order valence-electron chi connectivity index (χ4n) is 4.33. The Labute approximate surface area is 174 Å². The first kappa shape index (κ1) is 21.0. The Balaban J connectivity index is 1.97. The molecule has 0 N–H and O–H groups in total. The lowest BCUT2D eigenvalue weighted by Gasteiger charge is -2.15. The van der Waals surface area contributed by atoms with Gasteiger partial charge >= 0.3 is 0 Å². The normalized spacial score (nSPS) is 17.2. The number of Topliss-reactive ketones (excluding diaryl/α,β-unsaturated/α-hetero) is 1. The molecule has 0 saturated carbocycles. The van der Waals surface area contributed by atoms with Gasteiger partial charge in [-0.2, -0.15) is 0 Å². The third-order valence-corrected chi connectivity index (χ3v) is 5.48. The quantitative estimate of drug-likeness (QED) is 0.545. The molecule has 3 rings (SSSR count). The Morgan fingerprint density at radius 2 is 1.76 bits per heavy atom. The lowest BCUT2D eigenvalue weighted by molar-refractivity contribution is -0.116. The zero-order valence-electron chi connectivity index (χ0n) is 18.2. The van der Waals surface area contributed by atoms with Crippen LogP contribution < -0.4 is 0 Å². The number of hydrogen-bond donors (Lipinski definition) is 0. The average molecular weight is 390 g/mol. The Bertz CT molecular complexity index is 931. The van der Waals surface area contributed by atoms with Crippen molar-refractivity contribution in [2.75, 3.05) is 6.54 Å². The second-order valence-corrected chi connectivity index (χ2v) is 8.03. The average Bonchev–Trinajstić information content (AvgIpc) is 2.96. The first-order valence-electron chi connectivity index (χ1n) is 10.4. The van der Waals surface area contributed by atoms with Crippen LogP contribution >= 0.6 is 0 Å². The first-order valence-corrected chi connectivity index (χ1v) is 10.4. The van der Waals surface area contributed by atoms with Crippen LogP contribution in [0.2, 0.25) is 0 Å². The number of aryl methyl sites for hydroxylation is 3. The lowest BCUT2D eigenvalue weighted by Crippen LogP contribution is -2.14. The number of carbonyl (C=O) groups excluding carboxylic acids is 1. The van der Waals surface area contributed by atoms with Crippen LogP contribution in [0.4, 0.5) is 0 Å². The predicted octanol–water partition coefficient (Wildman–Crippen LogP) is 6.00. The highest BCUT2D eigenvalue weighted by atomic mass is 16.5. The minimum absolute atomic E-state index is 0.0915. The fourth-order valence-corrected chi connectivity index (χ4v) is 4.33. The number of nitrogens with zero attached hydrogens (tertiary/aromatic N) is 1. The predicted molar refractivity (Wildman–Crippen MR) is 120 cm³/mol. The van der Waals surface area contributed by atoms with Crippen LogP contribution in [0.15, 0.2) is 53.2 Å². The van der Waals surface area contributed by atoms with E-state index < -0.39 is 0 Å². The zero-order chi connectivity index (χ0) is 21.0. The number of aliphatic imine (C=N–C) groups is 1. The molecule has 2 aromatic carbocycles. The molecule has 1 aliphatic rings. The Hall–Kier alpha value is -2.68. The monoisotopic (exact) mass is 389 g/mol. The molecule has 0 fully saturated rings. The van der Waals surface area contributed by atoms with Gasteiger partial charge in [0, 0.05) is 24.6 Å². The number of ether oxygens (including phenoxy) is 1. The maximum Gasteiger partial charge on any atom is 0.170 e. The van der Waals surface area contributed by atoms with Gasteiger partial charge in [-0.25, -0.2) is 0 Å². The number of benzene rings is 2. The molecule has 0 spiro atoms. The summed E-state index contributed by atoms with van der Waals surface area (Å²) in [5.41, 5.74) is 7.42. The SMILES string of the molecule is CC/N=C(/C)CC1CC(OCc2ccccc2)=C(c2c(C)cc(C)cc2C)C1=O. The molecule has 1 atom stereocenters. The van der Waals surface area contributed by atoms with Crippen molar-refractivity contribution in [1.29, 1.82) is 0 Å². The fraction of sp³-hybridized carbons (Fsp3) is 0.385. The second-order valence-electron chi connectivity index (χ2n) is 8.03. The van der Waals surface area contributed by atoms with Gasteiger partial charge in [-0.1, -0.05) is 48.0 Å². The van der Waals surface area contributed by atoms with Crippen LogP contribution in [0.5, 0.6) is 0 Å². The lowest BCUT2D eigenvalue weighted by atomic mass is 9.90. The smallest absolute Gasteiger partial charge is 0.170 e. The van der Waals surface area contributed by atoms with Crippen molar-refractivity contribution in [2.24, 2.45) is 10.9 Å². The molecule has 0 aliphatic heterocycles. The van der Waals surface area contributed by atoms with Crippen LogP contribution in [0.25, 0.3) is 5.57 Å². The van der Waals surface area contributed by atoms with Crippen molar-refractivity contribution < 1.29 is 9.53 Å². The minimum atomic E-state index is -0.0915. The van der Waals surface area contributed by atoms with Gasteiger partial charge in [-0.05, 0) is 63.3 Å². The van der Waals surface area contributed by atoms with Crippen molar-refractivity contribution in [3.8, 4) is 0 Å². The Morgan fingerprint density at radius 1 is 1.10 bits per heavy atom. The molecular weight excluding hydrogens is 358 g/mol. The van der Waals surface area contributed by atoms with E-state index in [4.69, 9.17) is 4.74 Å². The van der Waals surface area contributed by atoms with Gasteiger partial charge < -0.3 is 4.74 Å². The van der Waals surface area contributed by atoms with Gasteiger partial charge in [0.2, 0.25) is 0 Å². The molecule has 152 valence electrons.